The van der Waals surface area contributed by atoms with Gasteiger partial charge >= 0.3 is 0 Å². The fourth-order valence-electron chi connectivity index (χ4n) is 1.52. The van der Waals surface area contributed by atoms with Crippen LogP contribution in [0.25, 0.3) is 11.1 Å². The van der Waals surface area contributed by atoms with Gasteiger partial charge in [-0.1, -0.05) is 24.2 Å². The Balaban J connectivity index is 2.27. The van der Waals surface area contributed by atoms with Crippen molar-refractivity contribution in [1.29, 1.82) is 0 Å². The van der Waals surface area contributed by atoms with Gasteiger partial charge in [-0.15, -0.1) is 0 Å². The summed E-state index contributed by atoms with van der Waals surface area (Å²) in [6, 6.07) is 7.45. The van der Waals surface area contributed by atoms with Gasteiger partial charge in [-0.05, 0) is 17.7 Å². The molecule has 1 heterocycles. The van der Waals surface area contributed by atoms with Crippen LogP contribution in [0.4, 0.5) is 5.88 Å². The fourth-order valence-corrected chi connectivity index (χ4v) is 1.52. The van der Waals surface area contributed by atoms with E-state index in [9.17, 15) is 4.79 Å². The van der Waals surface area contributed by atoms with Gasteiger partial charge in [0.05, 0.1) is 18.9 Å². The number of aromatic nitrogens is 1. The summed E-state index contributed by atoms with van der Waals surface area (Å²) in [5.41, 5.74) is 1.66. The summed E-state index contributed by atoms with van der Waals surface area (Å²) in [6.07, 6.45) is 1.97. The van der Waals surface area contributed by atoms with E-state index in [2.05, 4.69) is 10.5 Å². The summed E-state index contributed by atoms with van der Waals surface area (Å²) in [5, 5.41) is 6.38. The molecule has 0 radical (unpaired) electrons. The van der Waals surface area contributed by atoms with Crippen LogP contribution in [0.2, 0.25) is 0 Å². The van der Waals surface area contributed by atoms with Crippen molar-refractivity contribution in [3.8, 4) is 16.9 Å². The maximum absolute atomic E-state index is 11.3. The van der Waals surface area contributed by atoms with Gasteiger partial charge in [-0.3, -0.25) is 10.1 Å². The number of nitrogens with zero attached hydrogens (tertiary/aromatic N) is 1. The lowest BCUT2D eigenvalue weighted by Gasteiger charge is -2.04. The average molecular weight is 246 g/mol. The highest BCUT2D eigenvalue weighted by Crippen LogP contribution is 2.29. The number of hydrogen-bond acceptors (Lipinski definition) is 4. The second-order valence-corrected chi connectivity index (χ2v) is 3.70. The van der Waals surface area contributed by atoms with E-state index in [1.54, 1.807) is 20.2 Å². The van der Waals surface area contributed by atoms with Gasteiger partial charge in [-0.2, -0.15) is 0 Å². The van der Waals surface area contributed by atoms with Crippen molar-refractivity contribution >= 4 is 11.8 Å². The van der Waals surface area contributed by atoms with E-state index in [1.165, 1.54) is 0 Å². The summed E-state index contributed by atoms with van der Waals surface area (Å²) in [5.74, 6) is 1.03. The molecule has 18 heavy (non-hydrogen) atoms. The van der Waals surface area contributed by atoms with Crippen LogP contribution >= 0.6 is 0 Å². The molecule has 1 aromatic heterocycles. The van der Waals surface area contributed by atoms with Crippen LogP contribution < -0.4 is 10.1 Å². The number of rotatable bonds is 4. The van der Waals surface area contributed by atoms with E-state index in [4.69, 9.17) is 9.26 Å². The van der Waals surface area contributed by atoms with Gasteiger partial charge in [0.1, 0.15) is 5.75 Å². The second kappa shape index (κ2) is 5.35. The largest absolute Gasteiger partial charge is 0.497 e. The number of anilines is 1. The van der Waals surface area contributed by atoms with Crippen LogP contribution in [0.3, 0.4) is 0 Å². The molecule has 94 valence electrons. The molecule has 2 aromatic rings. The minimum atomic E-state index is -0.110. The maximum atomic E-state index is 11.3. The molecule has 1 N–H and O–H groups in total. The molecule has 5 heteroatoms. The number of methoxy groups -OCH3 is 1. The van der Waals surface area contributed by atoms with Gasteiger partial charge in [-0.25, -0.2) is 0 Å². The molecular formula is C13H14N2O3. The molecule has 0 aliphatic heterocycles. The normalized spacial score (nSPS) is 10.1. The van der Waals surface area contributed by atoms with Gasteiger partial charge in [0, 0.05) is 6.42 Å². The molecule has 0 unspecified atom stereocenters. The third-order valence-electron chi connectivity index (χ3n) is 2.55. The first-order valence-electron chi connectivity index (χ1n) is 5.63. The lowest BCUT2D eigenvalue weighted by Crippen LogP contribution is -2.09. The van der Waals surface area contributed by atoms with Gasteiger partial charge in [0.15, 0.2) is 0 Å². The molecule has 1 aromatic carbocycles. The van der Waals surface area contributed by atoms with Crippen molar-refractivity contribution in [3.63, 3.8) is 0 Å². The number of amides is 1. The second-order valence-electron chi connectivity index (χ2n) is 3.70. The first kappa shape index (κ1) is 12.2. The Morgan fingerprint density at radius 1 is 1.39 bits per heavy atom. The number of hydrogen-bond donors (Lipinski definition) is 1. The lowest BCUT2D eigenvalue weighted by atomic mass is 10.1. The first-order valence-corrected chi connectivity index (χ1v) is 5.63. The van der Waals surface area contributed by atoms with Crippen LogP contribution in [0.15, 0.2) is 35.0 Å². The van der Waals surface area contributed by atoms with Crippen LogP contribution in [0.1, 0.15) is 13.3 Å². The third-order valence-corrected chi connectivity index (χ3v) is 2.55. The smallest absolute Gasteiger partial charge is 0.239 e. The first-order chi connectivity index (χ1) is 8.74. The third kappa shape index (κ3) is 2.51. The van der Waals surface area contributed by atoms with E-state index in [-0.39, 0.29) is 5.91 Å². The van der Waals surface area contributed by atoms with Crippen molar-refractivity contribution in [1.82, 2.24) is 5.16 Å². The van der Waals surface area contributed by atoms with Gasteiger partial charge < -0.3 is 9.26 Å². The van der Waals surface area contributed by atoms with Crippen molar-refractivity contribution < 1.29 is 14.1 Å². The zero-order chi connectivity index (χ0) is 13.0. The standard InChI is InChI=1S/C13H14N2O3/c1-3-12(16)15-13-11(8-14-18-13)9-4-6-10(17-2)7-5-9/h4-8H,3H2,1-2H3,(H,15,16). The predicted octanol–water partition coefficient (Wildman–Crippen LogP) is 2.70. The van der Waals surface area contributed by atoms with Crippen LogP contribution in [-0.4, -0.2) is 18.2 Å². The Morgan fingerprint density at radius 2 is 2.11 bits per heavy atom. The molecule has 1 amide bonds. The van der Waals surface area contributed by atoms with E-state index in [0.29, 0.717) is 12.3 Å². The minimum absolute atomic E-state index is 0.110. The van der Waals surface area contributed by atoms with Gasteiger partial charge in [0.25, 0.3) is 0 Å². The fraction of sp³-hybridized carbons (Fsp3) is 0.231. The topological polar surface area (TPSA) is 64.4 Å². The predicted molar refractivity (Wildman–Crippen MR) is 67.4 cm³/mol. The molecule has 0 aliphatic rings. The average Bonchev–Trinajstić information content (AvgIpc) is 2.86. The molecule has 2 rings (SSSR count). The SMILES string of the molecule is CCC(=O)Nc1oncc1-c1ccc(OC)cc1. The Morgan fingerprint density at radius 3 is 2.72 bits per heavy atom. The number of carbonyl (C=O) groups is 1. The molecule has 0 spiro atoms. The molecular weight excluding hydrogens is 232 g/mol. The summed E-state index contributed by atoms with van der Waals surface area (Å²) in [6.45, 7) is 1.78. The Labute approximate surface area is 105 Å². The number of ether oxygens (including phenoxy) is 1. The van der Waals surface area contributed by atoms with E-state index >= 15 is 0 Å². The lowest BCUT2D eigenvalue weighted by molar-refractivity contribution is -0.116. The molecule has 0 fully saturated rings. The van der Waals surface area contributed by atoms with Crippen LogP contribution in [-0.2, 0) is 4.79 Å². The molecule has 0 aliphatic carbocycles. The Kier molecular flexibility index (Phi) is 3.62. The van der Waals surface area contributed by atoms with Crippen LogP contribution in [0, 0.1) is 0 Å². The van der Waals surface area contributed by atoms with Crippen molar-refractivity contribution in [2.24, 2.45) is 0 Å². The summed E-state index contributed by atoms with van der Waals surface area (Å²) >= 11 is 0. The summed E-state index contributed by atoms with van der Waals surface area (Å²) in [4.78, 5) is 11.3. The number of carbonyl (C=O) groups excluding carboxylic acids is 1. The zero-order valence-corrected chi connectivity index (χ0v) is 10.3. The van der Waals surface area contributed by atoms with Gasteiger partial charge in [0.2, 0.25) is 11.8 Å². The van der Waals surface area contributed by atoms with E-state index < -0.39 is 0 Å². The van der Waals surface area contributed by atoms with Crippen molar-refractivity contribution in [2.75, 3.05) is 12.4 Å². The highest BCUT2D eigenvalue weighted by molar-refractivity contribution is 5.93. The molecule has 0 saturated carbocycles. The summed E-state index contributed by atoms with van der Waals surface area (Å²) < 4.78 is 10.1. The highest BCUT2D eigenvalue weighted by atomic mass is 16.5. The Bertz CT molecular complexity index is 531. The molecule has 5 nitrogen and oxygen atoms in total. The molecule has 0 bridgehead atoms. The van der Waals surface area contributed by atoms with E-state index in [0.717, 1.165) is 16.9 Å². The zero-order valence-electron chi connectivity index (χ0n) is 10.3. The quantitative estimate of drug-likeness (QED) is 0.900. The van der Waals surface area contributed by atoms with Crippen LogP contribution in [0.5, 0.6) is 5.75 Å². The minimum Gasteiger partial charge on any atom is -0.497 e. The molecule has 0 saturated heterocycles. The number of nitrogens with one attached hydrogen (secondary N) is 1. The molecule has 0 atom stereocenters. The Hall–Kier alpha value is -2.30. The maximum Gasteiger partial charge on any atom is 0.239 e. The summed E-state index contributed by atoms with van der Waals surface area (Å²) in [7, 11) is 1.61. The monoisotopic (exact) mass is 246 g/mol. The van der Waals surface area contributed by atoms with Crippen molar-refractivity contribution in [2.45, 2.75) is 13.3 Å². The van der Waals surface area contributed by atoms with E-state index in [1.807, 2.05) is 24.3 Å². The number of benzene rings is 1. The van der Waals surface area contributed by atoms with Crippen molar-refractivity contribution in [3.05, 3.63) is 30.5 Å². The highest BCUT2D eigenvalue weighted by Gasteiger charge is 2.12.